The Bertz CT molecular complexity index is 691. The van der Waals surface area contributed by atoms with Crippen LogP contribution in [0.3, 0.4) is 0 Å². The van der Waals surface area contributed by atoms with E-state index in [2.05, 4.69) is 78.5 Å². The number of hydrogen-bond donors (Lipinski definition) is 1. The van der Waals surface area contributed by atoms with Crippen LogP contribution in [0, 0.1) is 13.8 Å². The van der Waals surface area contributed by atoms with Crippen LogP contribution in [0.2, 0.25) is 0 Å². The Morgan fingerprint density at radius 3 is 2.26 bits per heavy atom. The number of aryl methyl sites for hydroxylation is 2. The molecule has 1 aromatic heterocycles. The summed E-state index contributed by atoms with van der Waals surface area (Å²) in [5, 5.41) is 2.59. The summed E-state index contributed by atoms with van der Waals surface area (Å²) in [6.07, 6.45) is 0. The van der Waals surface area contributed by atoms with Crippen LogP contribution >= 0.6 is 0 Å². The van der Waals surface area contributed by atoms with Crippen molar-refractivity contribution < 1.29 is 0 Å². The van der Waals surface area contributed by atoms with E-state index in [9.17, 15) is 0 Å². The molecule has 0 aliphatic rings. The highest BCUT2D eigenvalue weighted by molar-refractivity contribution is 5.82. The zero-order valence-electron chi connectivity index (χ0n) is 11.4. The summed E-state index contributed by atoms with van der Waals surface area (Å²) in [5.74, 6) is 0. The Balaban J connectivity index is 1.82. The molecule has 2 aromatic carbocycles. The number of nitrogens with zero attached hydrogens (tertiary/aromatic N) is 1. The predicted octanol–water partition coefficient (Wildman–Crippen LogP) is 4.00. The van der Waals surface area contributed by atoms with Crippen molar-refractivity contribution >= 4 is 10.8 Å². The molecule has 0 saturated carbocycles. The van der Waals surface area contributed by atoms with Crippen molar-refractivity contribution in [3.63, 3.8) is 0 Å². The summed E-state index contributed by atoms with van der Waals surface area (Å²) in [7, 11) is 0. The van der Waals surface area contributed by atoms with Crippen molar-refractivity contribution in [3.05, 3.63) is 71.5 Å². The second kappa shape index (κ2) is 4.81. The highest BCUT2D eigenvalue weighted by Gasteiger charge is 2.01. The fourth-order valence-corrected chi connectivity index (χ4v) is 2.44. The molecule has 0 aliphatic heterocycles. The molecule has 0 fully saturated rings. The minimum absolute atomic E-state index is 0.835. The summed E-state index contributed by atoms with van der Waals surface area (Å²) in [6.45, 7) is 5.06. The van der Waals surface area contributed by atoms with Crippen molar-refractivity contribution in [1.82, 2.24) is 4.68 Å². The van der Waals surface area contributed by atoms with Gasteiger partial charge in [0, 0.05) is 11.4 Å². The minimum Gasteiger partial charge on any atom is -0.322 e. The third-order valence-corrected chi connectivity index (χ3v) is 3.53. The standard InChI is InChI=1S/C17H18N2/c1-13-7-8-14(2)19(13)18-12-15-9-10-16-5-3-4-6-17(16)11-15/h3-11,18H,12H2,1-2H3. The van der Waals surface area contributed by atoms with Crippen molar-refractivity contribution in [3.8, 4) is 0 Å². The van der Waals surface area contributed by atoms with Gasteiger partial charge in [0.15, 0.2) is 0 Å². The van der Waals surface area contributed by atoms with Crippen LogP contribution in [0.5, 0.6) is 0 Å². The van der Waals surface area contributed by atoms with Gasteiger partial charge in [0.25, 0.3) is 0 Å². The zero-order valence-corrected chi connectivity index (χ0v) is 11.4. The molecule has 2 nitrogen and oxygen atoms in total. The smallest absolute Gasteiger partial charge is 0.0564 e. The molecule has 1 heterocycles. The molecule has 96 valence electrons. The van der Waals surface area contributed by atoms with E-state index in [1.54, 1.807) is 0 Å². The van der Waals surface area contributed by atoms with Crippen LogP contribution in [0.4, 0.5) is 0 Å². The molecule has 3 aromatic rings. The summed E-state index contributed by atoms with van der Waals surface area (Å²) in [5.41, 5.74) is 7.23. The van der Waals surface area contributed by atoms with E-state index in [0.29, 0.717) is 0 Å². The number of benzene rings is 2. The fraction of sp³-hybridized carbons (Fsp3) is 0.176. The Morgan fingerprint density at radius 2 is 1.53 bits per heavy atom. The Hall–Kier alpha value is -2.22. The van der Waals surface area contributed by atoms with Gasteiger partial charge in [-0.25, -0.2) is 0 Å². The Morgan fingerprint density at radius 1 is 0.842 bits per heavy atom. The lowest BCUT2D eigenvalue weighted by molar-refractivity contribution is 0.792. The molecule has 2 heteroatoms. The van der Waals surface area contributed by atoms with E-state index in [1.165, 1.54) is 27.7 Å². The molecule has 19 heavy (non-hydrogen) atoms. The number of aromatic nitrogens is 1. The molecule has 0 spiro atoms. The molecular weight excluding hydrogens is 232 g/mol. The summed E-state index contributed by atoms with van der Waals surface area (Å²) >= 11 is 0. The predicted molar refractivity (Wildman–Crippen MR) is 80.9 cm³/mol. The second-order valence-electron chi connectivity index (χ2n) is 4.97. The van der Waals surface area contributed by atoms with Gasteiger partial charge in [0.05, 0.1) is 6.54 Å². The molecule has 0 unspecified atom stereocenters. The van der Waals surface area contributed by atoms with E-state index in [1.807, 2.05) is 0 Å². The maximum Gasteiger partial charge on any atom is 0.0564 e. The third kappa shape index (κ3) is 2.34. The monoisotopic (exact) mass is 250 g/mol. The highest BCUT2D eigenvalue weighted by Crippen LogP contribution is 2.16. The van der Waals surface area contributed by atoms with Crippen LogP contribution in [-0.2, 0) is 6.54 Å². The van der Waals surface area contributed by atoms with E-state index in [0.717, 1.165) is 6.54 Å². The van der Waals surface area contributed by atoms with E-state index in [4.69, 9.17) is 0 Å². The largest absolute Gasteiger partial charge is 0.322 e. The molecule has 0 bridgehead atoms. The Labute approximate surface area is 113 Å². The number of hydrogen-bond acceptors (Lipinski definition) is 1. The summed E-state index contributed by atoms with van der Waals surface area (Å²) in [4.78, 5) is 0. The molecule has 1 N–H and O–H groups in total. The SMILES string of the molecule is Cc1ccc(C)n1NCc1ccc2ccccc2c1. The molecular formula is C17H18N2. The van der Waals surface area contributed by atoms with Crippen LogP contribution < -0.4 is 5.43 Å². The quantitative estimate of drug-likeness (QED) is 0.743. The van der Waals surface area contributed by atoms with Gasteiger partial charge >= 0.3 is 0 Å². The summed E-state index contributed by atoms with van der Waals surface area (Å²) in [6, 6.07) is 19.3. The van der Waals surface area contributed by atoms with Gasteiger partial charge in [0.2, 0.25) is 0 Å². The third-order valence-electron chi connectivity index (χ3n) is 3.53. The van der Waals surface area contributed by atoms with Gasteiger partial charge < -0.3 is 5.43 Å². The van der Waals surface area contributed by atoms with E-state index in [-0.39, 0.29) is 0 Å². The molecule has 0 saturated heterocycles. The molecule has 0 amide bonds. The maximum atomic E-state index is 3.46. The van der Waals surface area contributed by atoms with Crippen LogP contribution in [-0.4, -0.2) is 4.68 Å². The first-order valence-corrected chi connectivity index (χ1v) is 6.60. The number of nitrogens with one attached hydrogen (secondary N) is 1. The fourth-order valence-electron chi connectivity index (χ4n) is 2.44. The first kappa shape index (κ1) is 11.8. The normalized spacial score (nSPS) is 10.8. The maximum absolute atomic E-state index is 3.46. The molecule has 3 rings (SSSR count). The van der Waals surface area contributed by atoms with Gasteiger partial charge in [-0.1, -0.05) is 36.4 Å². The lowest BCUT2D eigenvalue weighted by Crippen LogP contribution is -2.16. The summed E-state index contributed by atoms with van der Waals surface area (Å²) < 4.78 is 2.13. The van der Waals surface area contributed by atoms with E-state index < -0.39 is 0 Å². The molecule has 0 aliphatic carbocycles. The van der Waals surface area contributed by atoms with Gasteiger partial charge in [-0.2, -0.15) is 0 Å². The highest BCUT2D eigenvalue weighted by atomic mass is 15.4. The lowest BCUT2D eigenvalue weighted by atomic mass is 10.1. The van der Waals surface area contributed by atoms with Crippen molar-refractivity contribution in [2.24, 2.45) is 0 Å². The number of rotatable bonds is 3. The van der Waals surface area contributed by atoms with Crippen molar-refractivity contribution in [2.45, 2.75) is 20.4 Å². The van der Waals surface area contributed by atoms with Gasteiger partial charge in [-0.15, -0.1) is 0 Å². The van der Waals surface area contributed by atoms with Crippen molar-refractivity contribution in [1.29, 1.82) is 0 Å². The average Bonchev–Trinajstić information content (AvgIpc) is 2.76. The minimum atomic E-state index is 0.835. The lowest BCUT2D eigenvalue weighted by Gasteiger charge is -2.13. The zero-order chi connectivity index (χ0) is 13.2. The van der Waals surface area contributed by atoms with Crippen LogP contribution in [0.1, 0.15) is 17.0 Å². The van der Waals surface area contributed by atoms with Crippen molar-refractivity contribution in [2.75, 3.05) is 5.43 Å². The Kier molecular flexibility index (Phi) is 3.00. The van der Waals surface area contributed by atoms with Gasteiger partial charge in [-0.3, -0.25) is 4.68 Å². The van der Waals surface area contributed by atoms with Crippen LogP contribution in [0.15, 0.2) is 54.6 Å². The first-order chi connectivity index (χ1) is 9.24. The second-order valence-corrected chi connectivity index (χ2v) is 4.97. The molecule has 0 atom stereocenters. The first-order valence-electron chi connectivity index (χ1n) is 6.60. The number of fused-ring (bicyclic) bond motifs is 1. The molecule has 0 radical (unpaired) electrons. The topological polar surface area (TPSA) is 17.0 Å². The van der Waals surface area contributed by atoms with Crippen LogP contribution in [0.25, 0.3) is 10.8 Å². The van der Waals surface area contributed by atoms with Gasteiger partial charge in [0.1, 0.15) is 0 Å². The van der Waals surface area contributed by atoms with Gasteiger partial charge in [-0.05, 0) is 48.4 Å². The van der Waals surface area contributed by atoms with E-state index >= 15 is 0 Å². The average molecular weight is 250 g/mol.